The predicted molar refractivity (Wildman–Crippen MR) is 147 cm³/mol. The first-order chi connectivity index (χ1) is 16.8. The van der Waals surface area contributed by atoms with E-state index in [9.17, 15) is 12.8 Å². The number of nitrogens with zero attached hydrogens (tertiary/aromatic N) is 4. The third kappa shape index (κ3) is 4.81. The number of allylic oxidation sites excluding steroid dienone is 4. The maximum absolute atomic E-state index is 13.7. The molecule has 4 heterocycles. The molecule has 8 nitrogen and oxygen atoms in total. The van der Waals surface area contributed by atoms with E-state index < -0.39 is 14.2 Å². The molecule has 2 aliphatic rings. The summed E-state index contributed by atoms with van der Waals surface area (Å²) >= 11 is 5.24. The zero-order chi connectivity index (χ0) is 24.7. The molecule has 35 heavy (non-hydrogen) atoms. The summed E-state index contributed by atoms with van der Waals surface area (Å²) in [5.41, 5.74) is 6.94. The van der Waals surface area contributed by atoms with Crippen LogP contribution in [0.1, 0.15) is 25.7 Å². The van der Waals surface area contributed by atoms with E-state index >= 15 is 0 Å². The normalized spacial score (nSPS) is 18.8. The first-order valence-corrected chi connectivity index (χ1v) is 14.8. The summed E-state index contributed by atoms with van der Waals surface area (Å²) in [6, 6.07) is 1.82. The highest BCUT2D eigenvalue weighted by atomic mass is 127. The van der Waals surface area contributed by atoms with Gasteiger partial charge in [-0.2, -0.15) is 0 Å². The summed E-state index contributed by atoms with van der Waals surface area (Å²) in [5, 5.41) is 1.17. The van der Waals surface area contributed by atoms with Gasteiger partial charge < -0.3 is 10.5 Å². The third-order valence-corrected chi connectivity index (χ3v) is 9.00. The fourth-order valence-electron chi connectivity index (χ4n) is 4.65. The third-order valence-electron chi connectivity index (χ3n) is 6.32. The van der Waals surface area contributed by atoms with Crippen LogP contribution in [0.3, 0.4) is 0 Å². The van der Waals surface area contributed by atoms with Crippen molar-refractivity contribution in [2.24, 2.45) is 0 Å². The van der Waals surface area contributed by atoms with Crippen molar-refractivity contribution in [3.8, 4) is 5.75 Å². The number of alkyl halides is 2. The molecule has 0 bridgehead atoms. The molecule has 1 saturated heterocycles. The largest absolute Gasteiger partial charge is 0.486 e. The zero-order valence-electron chi connectivity index (χ0n) is 18.7. The van der Waals surface area contributed by atoms with Gasteiger partial charge in [-0.25, -0.2) is 26.7 Å². The Labute approximate surface area is 224 Å². The molecule has 1 fully saturated rings. The summed E-state index contributed by atoms with van der Waals surface area (Å²) in [6.07, 6.45) is 10.7. The van der Waals surface area contributed by atoms with E-state index in [4.69, 9.17) is 10.5 Å². The molecule has 0 spiro atoms. The molecular formula is C23H24BrFIN5O3S. The Morgan fingerprint density at radius 2 is 2.06 bits per heavy atom. The van der Waals surface area contributed by atoms with Gasteiger partial charge in [0.2, 0.25) is 0 Å². The van der Waals surface area contributed by atoms with Crippen molar-refractivity contribution < 1.29 is 17.5 Å². The van der Waals surface area contributed by atoms with Crippen LogP contribution in [0.5, 0.6) is 5.75 Å². The molecule has 5 rings (SSSR count). The fraction of sp³-hybridized carbons (Fsp3) is 0.391. The van der Waals surface area contributed by atoms with Crippen LogP contribution in [0, 0.1) is 0 Å². The number of rotatable bonds is 6. The monoisotopic (exact) mass is 675 g/mol. The van der Waals surface area contributed by atoms with Crippen LogP contribution in [0.4, 0.5) is 10.2 Å². The van der Waals surface area contributed by atoms with Crippen LogP contribution in [0.25, 0.3) is 21.9 Å². The van der Waals surface area contributed by atoms with Crippen LogP contribution in [0.15, 0.2) is 46.1 Å². The Morgan fingerprint density at radius 1 is 1.29 bits per heavy atom. The number of anilines is 1. The van der Waals surface area contributed by atoms with E-state index in [1.54, 1.807) is 40.9 Å². The van der Waals surface area contributed by atoms with E-state index in [0.29, 0.717) is 82.4 Å². The van der Waals surface area contributed by atoms with Crippen molar-refractivity contribution in [3.63, 3.8) is 0 Å². The van der Waals surface area contributed by atoms with E-state index in [1.807, 2.05) is 12.1 Å². The van der Waals surface area contributed by atoms with E-state index in [1.165, 1.54) is 10.2 Å². The number of aromatic nitrogens is 3. The number of hydrogen-bond acceptors (Lipinski definition) is 7. The van der Waals surface area contributed by atoms with Gasteiger partial charge in [0.05, 0.1) is 22.0 Å². The number of fused-ring (bicyclic) bond motifs is 3. The molecule has 1 aliphatic carbocycles. The molecule has 3 aromatic heterocycles. The molecule has 1 unspecified atom stereocenters. The standard InChI is InChI=1S/C23H24BrFIN5O3S/c24-14-10-17-20-18(31(23(17)29-11-14)35(32,33)16-4-2-1-3-5-16)12-28-22(27)21(20)34-15-6-8-30(9-7-15)13-19(25)26/h1-2,4,10-12,15,19H,3,5-9,13H2,(H2,27,28). The molecule has 0 aromatic carbocycles. The number of likely N-dealkylation sites (tertiary alicyclic amines) is 1. The summed E-state index contributed by atoms with van der Waals surface area (Å²) in [6.45, 7) is 1.81. The molecule has 2 N–H and O–H groups in total. The maximum Gasteiger partial charge on any atom is 0.266 e. The predicted octanol–water partition coefficient (Wildman–Crippen LogP) is 4.91. The number of nitrogen functional groups attached to an aromatic ring is 1. The minimum atomic E-state index is -3.90. The van der Waals surface area contributed by atoms with Gasteiger partial charge in [-0.3, -0.25) is 4.90 Å². The number of halogens is 3. The Hall–Kier alpha value is -1.77. The minimum Gasteiger partial charge on any atom is -0.486 e. The zero-order valence-corrected chi connectivity index (χ0v) is 23.3. The van der Waals surface area contributed by atoms with Crippen molar-refractivity contribution in [1.29, 1.82) is 0 Å². The lowest BCUT2D eigenvalue weighted by molar-refractivity contribution is 0.0969. The van der Waals surface area contributed by atoms with Gasteiger partial charge in [-0.15, -0.1) is 0 Å². The first-order valence-electron chi connectivity index (χ1n) is 11.3. The topological polar surface area (TPSA) is 103 Å². The average Bonchev–Trinajstić information content (AvgIpc) is 3.16. The number of pyridine rings is 2. The average molecular weight is 676 g/mol. The van der Waals surface area contributed by atoms with Crippen LogP contribution in [-0.2, 0) is 10.0 Å². The second-order valence-corrected chi connectivity index (χ2v) is 12.7. The first kappa shape index (κ1) is 24.9. The van der Waals surface area contributed by atoms with Gasteiger partial charge in [-0.1, -0.05) is 12.2 Å². The lowest BCUT2D eigenvalue weighted by atomic mass is 10.1. The number of hydrogen-bond donors (Lipinski definition) is 1. The van der Waals surface area contributed by atoms with Crippen molar-refractivity contribution in [2.75, 3.05) is 25.4 Å². The van der Waals surface area contributed by atoms with E-state index in [-0.39, 0.29) is 11.9 Å². The maximum atomic E-state index is 13.7. The van der Waals surface area contributed by atoms with Crippen LogP contribution < -0.4 is 10.5 Å². The molecule has 1 atom stereocenters. The second kappa shape index (κ2) is 9.94. The van der Waals surface area contributed by atoms with Crippen LogP contribution >= 0.6 is 38.5 Å². The molecule has 186 valence electrons. The van der Waals surface area contributed by atoms with Gasteiger partial charge in [0, 0.05) is 35.7 Å². The van der Waals surface area contributed by atoms with Gasteiger partial charge in [0.1, 0.15) is 6.10 Å². The van der Waals surface area contributed by atoms with Gasteiger partial charge in [0.25, 0.3) is 10.0 Å². The lowest BCUT2D eigenvalue weighted by Crippen LogP contribution is -2.40. The molecule has 0 saturated carbocycles. The quantitative estimate of drug-likeness (QED) is 0.293. The van der Waals surface area contributed by atoms with Gasteiger partial charge in [0.15, 0.2) is 21.4 Å². The second-order valence-electron chi connectivity index (χ2n) is 8.64. The number of nitrogens with two attached hydrogens (primary N) is 1. The van der Waals surface area contributed by atoms with Crippen LogP contribution in [-0.4, -0.2) is 57.2 Å². The Balaban J connectivity index is 1.62. The van der Waals surface area contributed by atoms with Crippen molar-refractivity contribution in [3.05, 3.63) is 46.1 Å². The fourth-order valence-corrected chi connectivity index (χ4v) is 7.17. The van der Waals surface area contributed by atoms with Gasteiger partial charge >= 0.3 is 0 Å². The molecule has 1 aliphatic heterocycles. The summed E-state index contributed by atoms with van der Waals surface area (Å²) in [4.78, 5) is 11.1. The van der Waals surface area contributed by atoms with Gasteiger partial charge in [-0.05, 0) is 76.3 Å². The summed E-state index contributed by atoms with van der Waals surface area (Å²) < 4.78 is 48.3. The number of ether oxygens (including phenoxy) is 1. The highest BCUT2D eigenvalue weighted by Crippen LogP contribution is 2.41. The molecular weight excluding hydrogens is 652 g/mol. The lowest BCUT2D eigenvalue weighted by Gasteiger charge is -2.32. The Morgan fingerprint density at radius 3 is 2.74 bits per heavy atom. The molecule has 12 heteroatoms. The highest BCUT2D eigenvalue weighted by Gasteiger charge is 2.30. The molecule has 0 amide bonds. The van der Waals surface area contributed by atoms with Crippen molar-refractivity contribution >= 4 is 76.3 Å². The minimum absolute atomic E-state index is 0.144. The SMILES string of the molecule is Nc1ncc2c(c1OC1CCN(CC(F)I)CC1)c1cc(Br)cnc1n2S(=O)(=O)C1=CC=CCC1. The molecule has 3 aromatic rings. The summed E-state index contributed by atoms with van der Waals surface area (Å²) in [7, 11) is -3.90. The highest BCUT2D eigenvalue weighted by molar-refractivity contribution is 14.1. The smallest absolute Gasteiger partial charge is 0.266 e. The number of piperidine rings is 1. The van der Waals surface area contributed by atoms with Crippen molar-refractivity contribution in [2.45, 2.75) is 36.0 Å². The van der Waals surface area contributed by atoms with E-state index in [0.717, 1.165) is 0 Å². The molecule has 0 radical (unpaired) electrons. The van der Waals surface area contributed by atoms with Crippen molar-refractivity contribution in [1.82, 2.24) is 18.8 Å². The Bertz CT molecular complexity index is 1450. The van der Waals surface area contributed by atoms with Crippen LogP contribution in [0.2, 0.25) is 0 Å². The summed E-state index contributed by atoms with van der Waals surface area (Å²) in [5.74, 6) is 0.543. The Kier molecular flexibility index (Phi) is 7.07. The van der Waals surface area contributed by atoms with E-state index in [2.05, 4.69) is 30.8 Å².